The average Bonchev–Trinajstić information content (AvgIpc) is 2.12. The van der Waals surface area contributed by atoms with E-state index in [2.05, 4.69) is 0 Å². The summed E-state index contributed by atoms with van der Waals surface area (Å²) in [5.74, 6) is -0.831. The summed E-state index contributed by atoms with van der Waals surface area (Å²) in [5, 5.41) is 8.29. The first kappa shape index (κ1) is 12.7. The van der Waals surface area contributed by atoms with Crippen molar-refractivity contribution in [1.82, 2.24) is 0 Å². The van der Waals surface area contributed by atoms with Gasteiger partial charge in [0.05, 0.1) is 0 Å². The van der Waals surface area contributed by atoms with Crippen LogP contribution in [0.5, 0.6) is 0 Å². The van der Waals surface area contributed by atoms with E-state index >= 15 is 0 Å². The second kappa shape index (κ2) is 5.81. The molecule has 1 heterocycles. The molecule has 1 unspecified atom stereocenters. The first-order valence-corrected chi connectivity index (χ1v) is 2.65. The first-order chi connectivity index (χ1) is 3.80. The van der Waals surface area contributed by atoms with Crippen molar-refractivity contribution in [3.05, 3.63) is 7.43 Å². The van der Waals surface area contributed by atoms with Crippen LogP contribution in [0.25, 0.3) is 0 Å². The van der Waals surface area contributed by atoms with E-state index in [1.807, 2.05) is 0 Å². The minimum absolute atomic E-state index is 0. The molecule has 3 nitrogen and oxygen atoms in total. The molecule has 1 aliphatic heterocycles. The zero-order valence-corrected chi connectivity index (χ0v) is 9.14. The summed E-state index contributed by atoms with van der Waals surface area (Å²) in [6.45, 7) is 0.608. The van der Waals surface area contributed by atoms with Gasteiger partial charge >= 0.3 is 5.97 Å². The predicted octanol–water partition coefficient (Wildman–Crippen LogP) is 0.698. The molecule has 0 spiro atoms. The first-order valence-electron chi connectivity index (χ1n) is 2.65. The maximum Gasteiger partial charge on any atom is 0.332 e. The number of ether oxygens (including phenoxy) is 1. The molecule has 0 radical (unpaired) electrons. The van der Waals surface area contributed by atoms with Crippen LogP contribution >= 0.6 is 0 Å². The molecule has 0 bridgehead atoms. The SMILES string of the molecule is O=C(O)C1CCCO1.[CH3-].[Zn]. The molecule has 1 fully saturated rings. The van der Waals surface area contributed by atoms with Crippen molar-refractivity contribution in [3.63, 3.8) is 0 Å². The van der Waals surface area contributed by atoms with Crippen LogP contribution in [0.3, 0.4) is 0 Å². The number of hydrogen-bond donors (Lipinski definition) is 1. The number of carbonyl (C=O) groups is 1. The van der Waals surface area contributed by atoms with Gasteiger partial charge in [-0.25, -0.2) is 4.79 Å². The Morgan fingerprint density at radius 1 is 1.60 bits per heavy atom. The summed E-state index contributed by atoms with van der Waals surface area (Å²) in [4.78, 5) is 10.1. The van der Waals surface area contributed by atoms with E-state index in [0.717, 1.165) is 6.42 Å². The fourth-order valence-corrected chi connectivity index (χ4v) is 0.772. The number of rotatable bonds is 1. The van der Waals surface area contributed by atoms with Gasteiger partial charge in [-0.3, -0.25) is 0 Å². The van der Waals surface area contributed by atoms with Gasteiger partial charge in [0, 0.05) is 26.1 Å². The molecule has 4 heteroatoms. The minimum atomic E-state index is -0.831. The van der Waals surface area contributed by atoms with Gasteiger partial charge in [0.25, 0.3) is 0 Å². The van der Waals surface area contributed by atoms with Gasteiger partial charge in [-0.2, -0.15) is 0 Å². The largest absolute Gasteiger partial charge is 0.479 e. The molecule has 1 aliphatic rings. The van der Waals surface area contributed by atoms with Crippen molar-refractivity contribution >= 4 is 5.97 Å². The van der Waals surface area contributed by atoms with Crippen molar-refractivity contribution in [3.8, 4) is 0 Å². The van der Waals surface area contributed by atoms with Crippen LogP contribution in [0.2, 0.25) is 0 Å². The van der Waals surface area contributed by atoms with Crippen LogP contribution in [0.1, 0.15) is 12.8 Å². The molecule has 56 valence electrons. The zero-order valence-electron chi connectivity index (χ0n) is 6.17. The predicted molar refractivity (Wildman–Crippen MR) is 33.0 cm³/mol. The standard InChI is InChI=1S/C5H8O3.CH3.Zn/c6-5(7)4-2-1-3-8-4;;/h4H,1-3H2,(H,6,7);1H3;/q;-1;. The minimum Gasteiger partial charge on any atom is -0.479 e. The van der Waals surface area contributed by atoms with Crippen LogP contribution in [0.4, 0.5) is 0 Å². The van der Waals surface area contributed by atoms with Crippen LogP contribution in [-0.4, -0.2) is 23.8 Å². The van der Waals surface area contributed by atoms with Crippen molar-refractivity contribution in [1.29, 1.82) is 0 Å². The third-order valence-electron chi connectivity index (χ3n) is 1.21. The molecule has 1 N–H and O–H groups in total. The summed E-state index contributed by atoms with van der Waals surface area (Å²) in [5.41, 5.74) is 0. The van der Waals surface area contributed by atoms with Gasteiger partial charge in [-0.15, -0.1) is 0 Å². The Morgan fingerprint density at radius 2 is 2.20 bits per heavy atom. The molecular formula is C6H11O3Zn-. The van der Waals surface area contributed by atoms with Crippen LogP contribution in [0, 0.1) is 7.43 Å². The normalized spacial score (nSPS) is 22.6. The van der Waals surface area contributed by atoms with Gasteiger partial charge in [0.15, 0.2) is 6.10 Å². The van der Waals surface area contributed by atoms with Crippen molar-refractivity contribution in [2.45, 2.75) is 18.9 Å². The van der Waals surface area contributed by atoms with Crippen LogP contribution < -0.4 is 0 Å². The van der Waals surface area contributed by atoms with E-state index in [-0.39, 0.29) is 26.9 Å². The van der Waals surface area contributed by atoms with Gasteiger partial charge < -0.3 is 17.3 Å². The number of aliphatic carboxylic acids is 1. The Morgan fingerprint density at radius 3 is 2.40 bits per heavy atom. The molecule has 1 rings (SSSR count). The maximum absolute atomic E-state index is 10.1. The third-order valence-corrected chi connectivity index (χ3v) is 1.21. The Labute approximate surface area is 73.5 Å². The second-order valence-corrected chi connectivity index (χ2v) is 1.84. The van der Waals surface area contributed by atoms with Gasteiger partial charge in [-0.05, 0) is 12.8 Å². The van der Waals surface area contributed by atoms with Gasteiger partial charge in [-0.1, -0.05) is 0 Å². The number of carboxylic acids is 1. The number of carboxylic acid groups (broad SMARTS) is 1. The Balaban J connectivity index is 0. The fourth-order valence-electron chi connectivity index (χ4n) is 0.772. The van der Waals surface area contributed by atoms with E-state index in [9.17, 15) is 4.79 Å². The second-order valence-electron chi connectivity index (χ2n) is 1.84. The van der Waals surface area contributed by atoms with Gasteiger partial charge in [0.1, 0.15) is 0 Å². The Bertz CT molecular complexity index is 99.2. The summed E-state index contributed by atoms with van der Waals surface area (Å²) >= 11 is 0. The molecular weight excluding hydrogens is 185 g/mol. The van der Waals surface area contributed by atoms with Gasteiger partial charge in [0.2, 0.25) is 0 Å². The topological polar surface area (TPSA) is 46.5 Å². The molecule has 0 aliphatic carbocycles. The van der Waals surface area contributed by atoms with Crippen LogP contribution in [0.15, 0.2) is 0 Å². The molecule has 0 amide bonds. The molecule has 10 heavy (non-hydrogen) atoms. The Hall–Kier alpha value is 0.0534. The van der Waals surface area contributed by atoms with Crippen molar-refractivity contribution in [2.24, 2.45) is 0 Å². The smallest absolute Gasteiger partial charge is 0.332 e. The quantitative estimate of drug-likeness (QED) is 0.496. The fraction of sp³-hybridized carbons (Fsp3) is 0.667. The van der Waals surface area contributed by atoms with E-state index in [0.29, 0.717) is 13.0 Å². The van der Waals surface area contributed by atoms with E-state index in [1.165, 1.54) is 0 Å². The van der Waals surface area contributed by atoms with E-state index in [4.69, 9.17) is 9.84 Å². The summed E-state index contributed by atoms with van der Waals surface area (Å²) < 4.78 is 4.81. The average molecular weight is 197 g/mol. The zero-order chi connectivity index (χ0) is 5.98. The summed E-state index contributed by atoms with van der Waals surface area (Å²) in [6.07, 6.45) is 1.04. The Kier molecular flexibility index (Phi) is 7.38. The summed E-state index contributed by atoms with van der Waals surface area (Å²) in [6, 6.07) is 0. The molecule has 0 aromatic rings. The molecule has 0 saturated carbocycles. The third kappa shape index (κ3) is 3.28. The van der Waals surface area contributed by atoms with E-state index < -0.39 is 12.1 Å². The molecule has 1 saturated heterocycles. The molecule has 0 aromatic heterocycles. The number of hydrogen-bond acceptors (Lipinski definition) is 2. The monoisotopic (exact) mass is 195 g/mol. The van der Waals surface area contributed by atoms with Crippen molar-refractivity contribution < 1.29 is 34.1 Å². The summed E-state index contributed by atoms with van der Waals surface area (Å²) in [7, 11) is 0. The van der Waals surface area contributed by atoms with Crippen LogP contribution in [-0.2, 0) is 29.0 Å². The van der Waals surface area contributed by atoms with E-state index in [1.54, 1.807) is 0 Å². The molecule has 0 aromatic carbocycles. The van der Waals surface area contributed by atoms with Crippen molar-refractivity contribution in [2.75, 3.05) is 6.61 Å². The molecule has 1 atom stereocenters. The maximum atomic E-state index is 10.1.